The predicted molar refractivity (Wildman–Crippen MR) is 126 cm³/mol. The fourth-order valence-electron chi connectivity index (χ4n) is 3.75. The molecule has 0 bridgehead atoms. The fraction of sp³-hybridized carbons (Fsp3) is 0.478. The Labute approximate surface area is 181 Å². The summed E-state index contributed by atoms with van der Waals surface area (Å²) in [7, 11) is 0. The Hall–Kier alpha value is -2.11. The number of nitrogens with zero attached hydrogens (tertiary/aromatic N) is 3. The predicted octanol–water partition coefficient (Wildman–Crippen LogP) is 5.04. The zero-order valence-corrected chi connectivity index (χ0v) is 19.0. The maximum absolute atomic E-state index is 6.19. The zero-order valence-electron chi connectivity index (χ0n) is 18.3. The number of hydrogen-bond donors (Lipinski definition) is 2. The molecule has 0 aromatic heterocycles. The van der Waals surface area contributed by atoms with Crippen LogP contribution in [0.3, 0.4) is 0 Å². The Balaban J connectivity index is 2.20. The molecule has 1 aromatic rings. The number of rotatable bonds is 8. The molecule has 0 aliphatic carbocycles. The normalized spacial score (nSPS) is 16.6. The quantitative estimate of drug-likeness (QED) is 0.352. The molecule has 1 atom stereocenters. The van der Waals surface area contributed by atoms with E-state index in [0.29, 0.717) is 12.6 Å². The standard InChI is InChI=1S/C23H36ClN5/c1-16(2)8-7-9-18(4)27-13-20(6)28(14-19(27)5)22-12-17(3)10-11-21(22)29(26)15-23(24)25/h10-12,15-16,18H,5-9,13-14,25-26H2,1-4H3/b23-15-. The van der Waals surface area contributed by atoms with Gasteiger partial charge in [-0.15, -0.1) is 0 Å². The molecule has 1 unspecified atom stereocenters. The lowest BCUT2D eigenvalue weighted by atomic mass is 10.0. The van der Waals surface area contributed by atoms with Gasteiger partial charge < -0.3 is 15.5 Å². The van der Waals surface area contributed by atoms with E-state index in [4.69, 9.17) is 23.2 Å². The topological polar surface area (TPSA) is 61.8 Å². The Kier molecular flexibility index (Phi) is 8.05. The van der Waals surface area contributed by atoms with Crippen molar-refractivity contribution in [2.75, 3.05) is 23.0 Å². The fourth-order valence-corrected chi connectivity index (χ4v) is 3.85. The molecular weight excluding hydrogens is 382 g/mol. The van der Waals surface area contributed by atoms with Gasteiger partial charge in [-0.1, -0.05) is 57.5 Å². The molecule has 6 heteroatoms. The third-order valence-electron chi connectivity index (χ3n) is 5.38. The lowest BCUT2D eigenvalue weighted by Crippen LogP contribution is -2.46. The first kappa shape index (κ1) is 23.2. The van der Waals surface area contributed by atoms with Gasteiger partial charge in [0.1, 0.15) is 5.16 Å². The molecule has 0 saturated carbocycles. The molecule has 1 aromatic carbocycles. The molecule has 1 fully saturated rings. The first-order valence-corrected chi connectivity index (χ1v) is 10.6. The Morgan fingerprint density at radius 1 is 1.21 bits per heavy atom. The molecule has 1 aliphatic heterocycles. The highest BCUT2D eigenvalue weighted by molar-refractivity contribution is 6.29. The van der Waals surface area contributed by atoms with Gasteiger partial charge in [0.05, 0.1) is 30.7 Å². The van der Waals surface area contributed by atoms with Crippen LogP contribution in [0.25, 0.3) is 0 Å². The molecule has 0 spiro atoms. The van der Waals surface area contributed by atoms with E-state index in [-0.39, 0.29) is 5.16 Å². The number of piperazine rings is 1. The molecular formula is C23H36ClN5. The number of benzene rings is 1. The minimum Gasteiger partial charge on any atom is -0.388 e. The van der Waals surface area contributed by atoms with Crippen LogP contribution < -0.4 is 21.5 Å². The van der Waals surface area contributed by atoms with E-state index < -0.39 is 0 Å². The lowest BCUT2D eigenvalue weighted by Gasteiger charge is -2.44. The molecule has 0 amide bonds. The van der Waals surface area contributed by atoms with Crippen molar-refractivity contribution >= 4 is 23.0 Å². The minimum absolute atomic E-state index is 0.127. The van der Waals surface area contributed by atoms with Gasteiger partial charge in [0.2, 0.25) is 0 Å². The number of hydrogen-bond acceptors (Lipinski definition) is 5. The summed E-state index contributed by atoms with van der Waals surface area (Å²) in [6.45, 7) is 19.0. The number of halogens is 1. The zero-order chi connectivity index (χ0) is 21.7. The van der Waals surface area contributed by atoms with E-state index in [2.05, 4.69) is 56.7 Å². The molecule has 2 rings (SSSR count). The monoisotopic (exact) mass is 417 g/mol. The summed E-state index contributed by atoms with van der Waals surface area (Å²) in [5.74, 6) is 6.93. The van der Waals surface area contributed by atoms with Crippen molar-refractivity contribution in [3.8, 4) is 0 Å². The van der Waals surface area contributed by atoms with Crippen molar-refractivity contribution in [1.82, 2.24) is 4.90 Å². The highest BCUT2D eigenvalue weighted by atomic mass is 35.5. The highest BCUT2D eigenvalue weighted by Crippen LogP contribution is 2.35. The van der Waals surface area contributed by atoms with Crippen LogP contribution in [0, 0.1) is 12.8 Å². The van der Waals surface area contributed by atoms with Gasteiger partial charge in [-0.2, -0.15) is 0 Å². The molecule has 5 nitrogen and oxygen atoms in total. The summed E-state index contributed by atoms with van der Waals surface area (Å²) in [6.07, 6.45) is 5.15. The van der Waals surface area contributed by atoms with Crippen LogP contribution in [0.1, 0.15) is 45.6 Å². The molecule has 29 heavy (non-hydrogen) atoms. The second-order valence-electron chi connectivity index (χ2n) is 8.43. The molecule has 1 saturated heterocycles. The summed E-state index contributed by atoms with van der Waals surface area (Å²) < 4.78 is 0. The van der Waals surface area contributed by atoms with E-state index in [0.717, 1.165) is 47.2 Å². The summed E-state index contributed by atoms with van der Waals surface area (Å²) >= 11 is 5.82. The van der Waals surface area contributed by atoms with Gasteiger partial charge in [-0.05, 0) is 43.9 Å². The van der Waals surface area contributed by atoms with Gasteiger partial charge in [-0.3, -0.25) is 5.01 Å². The second kappa shape index (κ2) is 10.1. The number of hydrazine groups is 1. The summed E-state index contributed by atoms with van der Waals surface area (Å²) in [4.78, 5) is 4.56. The largest absolute Gasteiger partial charge is 0.388 e. The summed E-state index contributed by atoms with van der Waals surface area (Å²) in [6, 6.07) is 6.54. The maximum Gasteiger partial charge on any atom is 0.117 e. The van der Waals surface area contributed by atoms with Crippen molar-refractivity contribution in [2.45, 2.75) is 53.0 Å². The Morgan fingerprint density at radius 3 is 2.52 bits per heavy atom. The van der Waals surface area contributed by atoms with E-state index in [1.54, 1.807) is 0 Å². The second-order valence-corrected chi connectivity index (χ2v) is 8.87. The van der Waals surface area contributed by atoms with Crippen molar-refractivity contribution in [3.63, 3.8) is 0 Å². The first-order valence-electron chi connectivity index (χ1n) is 10.3. The van der Waals surface area contributed by atoms with Crippen LogP contribution in [0.2, 0.25) is 0 Å². The Bertz CT molecular complexity index is 767. The van der Waals surface area contributed by atoms with Crippen LogP contribution in [-0.2, 0) is 0 Å². The van der Waals surface area contributed by atoms with E-state index in [9.17, 15) is 0 Å². The SMILES string of the molecule is C=C1CN(C(C)CCCC(C)C)C(=C)CN1c1cc(C)ccc1N(N)/C=C(\N)Cl. The van der Waals surface area contributed by atoms with Crippen LogP contribution >= 0.6 is 11.6 Å². The Morgan fingerprint density at radius 2 is 1.90 bits per heavy atom. The average molecular weight is 418 g/mol. The summed E-state index contributed by atoms with van der Waals surface area (Å²) in [5.41, 5.74) is 10.6. The minimum atomic E-state index is 0.127. The molecule has 1 heterocycles. The third kappa shape index (κ3) is 6.18. The summed E-state index contributed by atoms with van der Waals surface area (Å²) in [5, 5.41) is 1.58. The van der Waals surface area contributed by atoms with Crippen molar-refractivity contribution < 1.29 is 0 Å². The number of anilines is 2. The van der Waals surface area contributed by atoms with E-state index >= 15 is 0 Å². The van der Waals surface area contributed by atoms with Crippen LogP contribution in [0.15, 0.2) is 54.1 Å². The van der Waals surface area contributed by atoms with Gasteiger partial charge >= 0.3 is 0 Å². The van der Waals surface area contributed by atoms with Gasteiger partial charge in [0, 0.05) is 17.4 Å². The number of nitrogens with two attached hydrogens (primary N) is 2. The molecule has 160 valence electrons. The van der Waals surface area contributed by atoms with E-state index in [1.807, 2.05) is 12.1 Å². The average Bonchev–Trinajstić information content (AvgIpc) is 2.62. The van der Waals surface area contributed by atoms with Crippen LogP contribution in [-0.4, -0.2) is 24.0 Å². The van der Waals surface area contributed by atoms with Gasteiger partial charge in [0.25, 0.3) is 0 Å². The van der Waals surface area contributed by atoms with E-state index in [1.165, 1.54) is 24.1 Å². The van der Waals surface area contributed by atoms with Crippen LogP contribution in [0.5, 0.6) is 0 Å². The molecule has 1 aliphatic rings. The van der Waals surface area contributed by atoms with Crippen LogP contribution in [0.4, 0.5) is 11.4 Å². The van der Waals surface area contributed by atoms with Crippen molar-refractivity contribution in [1.29, 1.82) is 0 Å². The molecule has 0 radical (unpaired) electrons. The van der Waals surface area contributed by atoms with Crippen molar-refractivity contribution in [2.24, 2.45) is 17.5 Å². The third-order valence-corrected chi connectivity index (χ3v) is 5.48. The first-order chi connectivity index (χ1) is 13.6. The van der Waals surface area contributed by atoms with Gasteiger partial charge in [0.15, 0.2) is 0 Å². The smallest absolute Gasteiger partial charge is 0.117 e. The lowest BCUT2D eigenvalue weighted by molar-refractivity contribution is 0.250. The molecule has 4 N–H and O–H groups in total. The maximum atomic E-state index is 6.19. The van der Waals surface area contributed by atoms with Gasteiger partial charge in [-0.25, -0.2) is 5.84 Å². The highest BCUT2D eigenvalue weighted by Gasteiger charge is 2.28. The van der Waals surface area contributed by atoms with Crippen molar-refractivity contribution in [3.05, 3.63) is 59.7 Å². The number of aryl methyl sites for hydroxylation is 1.